The van der Waals surface area contributed by atoms with Crippen molar-refractivity contribution < 1.29 is 4.79 Å². The van der Waals surface area contributed by atoms with E-state index >= 15 is 0 Å². The molecule has 21 heavy (non-hydrogen) atoms. The average molecular weight is 300 g/mol. The summed E-state index contributed by atoms with van der Waals surface area (Å²) in [6.07, 6.45) is 1.92. The van der Waals surface area contributed by atoms with Crippen LogP contribution >= 0.6 is 11.3 Å². The van der Waals surface area contributed by atoms with E-state index < -0.39 is 0 Å². The normalized spacial score (nSPS) is 11.0. The third kappa shape index (κ3) is 2.75. The Hall–Kier alpha value is -2.34. The molecule has 0 atom stereocenters. The first-order valence-electron chi connectivity index (χ1n) is 6.59. The van der Waals surface area contributed by atoms with Crippen LogP contribution < -0.4 is 11.1 Å². The van der Waals surface area contributed by atoms with Gasteiger partial charge in [0.15, 0.2) is 0 Å². The molecule has 1 amide bonds. The molecule has 108 valence electrons. The number of nitrogen functional groups attached to an aromatic ring is 1. The highest BCUT2D eigenvalue weighted by atomic mass is 32.1. The molecule has 0 saturated heterocycles. The van der Waals surface area contributed by atoms with Crippen LogP contribution in [0.4, 0.5) is 5.69 Å². The van der Waals surface area contributed by atoms with Gasteiger partial charge in [-0.15, -0.1) is 11.3 Å². The molecular formula is C15H16N4OS. The number of thiophene rings is 1. The van der Waals surface area contributed by atoms with E-state index in [2.05, 4.69) is 10.4 Å². The third-order valence-corrected chi connectivity index (χ3v) is 4.43. The number of hydrogen-bond donors (Lipinski definition) is 2. The number of nitrogens with zero attached hydrogens (tertiary/aromatic N) is 2. The standard InChI is InChI=1S/C15H16N4OS/c1-9-11(8-19(2)18-9)7-17-15(20)14-6-10-5-12(16)3-4-13(10)21-14/h3-6,8H,7,16H2,1-2H3,(H,17,20). The van der Waals surface area contributed by atoms with Gasteiger partial charge in [-0.2, -0.15) is 5.10 Å². The van der Waals surface area contributed by atoms with E-state index in [0.29, 0.717) is 17.1 Å². The van der Waals surface area contributed by atoms with Crippen molar-refractivity contribution in [2.75, 3.05) is 5.73 Å². The maximum atomic E-state index is 12.2. The van der Waals surface area contributed by atoms with Crippen LogP contribution in [0.5, 0.6) is 0 Å². The smallest absolute Gasteiger partial charge is 0.261 e. The Balaban J connectivity index is 1.76. The Morgan fingerprint density at radius 2 is 2.24 bits per heavy atom. The van der Waals surface area contributed by atoms with Crippen molar-refractivity contribution in [3.63, 3.8) is 0 Å². The Kier molecular flexibility index (Phi) is 3.39. The molecule has 0 aliphatic rings. The minimum absolute atomic E-state index is 0.0713. The molecule has 6 heteroatoms. The zero-order chi connectivity index (χ0) is 15.0. The second kappa shape index (κ2) is 5.21. The molecule has 0 radical (unpaired) electrons. The van der Waals surface area contributed by atoms with E-state index in [9.17, 15) is 4.79 Å². The summed E-state index contributed by atoms with van der Waals surface area (Å²) in [5.74, 6) is -0.0713. The molecule has 0 aliphatic carbocycles. The fourth-order valence-corrected chi connectivity index (χ4v) is 3.22. The lowest BCUT2D eigenvalue weighted by Gasteiger charge is -2.01. The lowest BCUT2D eigenvalue weighted by molar-refractivity contribution is 0.0955. The van der Waals surface area contributed by atoms with Crippen LogP contribution in [0.2, 0.25) is 0 Å². The highest BCUT2D eigenvalue weighted by molar-refractivity contribution is 7.20. The minimum Gasteiger partial charge on any atom is -0.399 e. The summed E-state index contributed by atoms with van der Waals surface area (Å²) in [5.41, 5.74) is 8.42. The second-order valence-electron chi connectivity index (χ2n) is 5.00. The average Bonchev–Trinajstić information content (AvgIpc) is 2.98. The molecule has 5 nitrogen and oxygen atoms in total. The van der Waals surface area contributed by atoms with Gasteiger partial charge in [-0.3, -0.25) is 9.48 Å². The predicted octanol–water partition coefficient (Wildman–Crippen LogP) is 2.46. The fraction of sp³-hybridized carbons (Fsp3) is 0.200. The minimum atomic E-state index is -0.0713. The van der Waals surface area contributed by atoms with Gasteiger partial charge < -0.3 is 11.1 Å². The van der Waals surface area contributed by atoms with Crippen LogP contribution in [0.1, 0.15) is 20.9 Å². The molecule has 0 unspecified atom stereocenters. The van der Waals surface area contributed by atoms with E-state index in [4.69, 9.17) is 5.73 Å². The highest BCUT2D eigenvalue weighted by Crippen LogP contribution is 2.27. The molecular weight excluding hydrogens is 284 g/mol. The number of rotatable bonds is 3. The molecule has 0 fully saturated rings. The van der Waals surface area contributed by atoms with Gasteiger partial charge in [-0.25, -0.2) is 0 Å². The predicted molar refractivity (Wildman–Crippen MR) is 85.4 cm³/mol. The lowest BCUT2D eigenvalue weighted by atomic mass is 10.2. The maximum Gasteiger partial charge on any atom is 0.261 e. The highest BCUT2D eigenvalue weighted by Gasteiger charge is 2.11. The molecule has 1 aromatic carbocycles. The van der Waals surface area contributed by atoms with Crippen LogP contribution in [0.15, 0.2) is 30.5 Å². The van der Waals surface area contributed by atoms with E-state index in [1.165, 1.54) is 11.3 Å². The lowest BCUT2D eigenvalue weighted by Crippen LogP contribution is -2.21. The van der Waals surface area contributed by atoms with Crippen molar-refractivity contribution in [1.82, 2.24) is 15.1 Å². The monoisotopic (exact) mass is 300 g/mol. The second-order valence-corrected chi connectivity index (χ2v) is 6.09. The Bertz CT molecular complexity index is 818. The summed E-state index contributed by atoms with van der Waals surface area (Å²) in [6.45, 7) is 2.42. The van der Waals surface area contributed by atoms with Crippen LogP contribution in [0, 0.1) is 6.92 Å². The number of amides is 1. The van der Waals surface area contributed by atoms with Crippen molar-refractivity contribution in [3.8, 4) is 0 Å². The number of benzene rings is 1. The van der Waals surface area contributed by atoms with Crippen LogP contribution in [0.3, 0.4) is 0 Å². The molecule has 2 heterocycles. The molecule has 3 N–H and O–H groups in total. The van der Waals surface area contributed by atoms with Crippen LogP contribution in [0.25, 0.3) is 10.1 Å². The SMILES string of the molecule is Cc1nn(C)cc1CNC(=O)c1cc2cc(N)ccc2s1. The van der Waals surface area contributed by atoms with Crippen LogP contribution in [-0.2, 0) is 13.6 Å². The fourth-order valence-electron chi connectivity index (χ4n) is 2.26. The van der Waals surface area contributed by atoms with Crippen molar-refractivity contribution in [1.29, 1.82) is 0 Å². The summed E-state index contributed by atoms with van der Waals surface area (Å²) >= 11 is 1.47. The molecule has 3 aromatic rings. The number of aryl methyl sites for hydroxylation is 2. The van der Waals surface area contributed by atoms with Crippen molar-refractivity contribution >= 4 is 33.0 Å². The van der Waals surface area contributed by atoms with Gasteiger partial charge in [0, 0.05) is 35.7 Å². The van der Waals surface area contributed by atoms with Gasteiger partial charge >= 0.3 is 0 Å². The maximum absolute atomic E-state index is 12.2. The van der Waals surface area contributed by atoms with Crippen molar-refractivity contribution in [3.05, 3.63) is 46.6 Å². The zero-order valence-corrected chi connectivity index (χ0v) is 12.7. The first-order chi connectivity index (χ1) is 10.0. The largest absolute Gasteiger partial charge is 0.399 e. The molecule has 0 saturated carbocycles. The van der Waals surface area contributed by atoms with E-state index in [0.717, 1.165) is 21.3 Å². The van der Waals surface area contributed by atoms with Crippen molar-refractivity contribution in [2.24, 2.45) is 7.05 Å². The number of carbonyl (C=O) groups excluding carboxylic acids is 1. The molecule has 0 spiro atoms. The van der Waals surface area contributed by atoms with Gasteiger partial charge in [0.25, 0.3) is 5.91 Å². The number of nitrogens with two attached hydrogens (primary N) is 1. The topological polar surface area (TPSA) is 72.9 Å². The van der Waals surface area contributed by atoms with Crippen molar-refractivity contribution in [2.45, 2.75) is 13.5 Å². The first kappa shape index (κ1) is 13.6. The van der Waals surface area contributed by atoms with Gasteiger partial charge in [0.1, 0.15) is 0 Å². The first-order valence-corrected chi connectivity index (χ1v) is 7.41. The molecule has 0 aliphatic heterocycles. The Labute approximate surface area is 126 Å². The zero-order valence-electron chi connectivity index (χ0n) is 11.9. The van der Waals surface area contributed by atoms with Gasteiger partial charge in [0.2, 0.25) is 0 Å². The summed E-state index contributed by atoms with van der Waals surface area (Å²) in [6, 6.07) is 7.55. The number of hydrogen-bond acceptors (Lipinski definition) is 4. The number of anilines is 1. The number of nitrogens with one attached hydrogen (secondary N) is 1. The summed E-state index contributed by atoms with van der Waals surface area (Å²) < 4.78 is 2.81. The summed E-state index contributed by atoms with van der Waals surface area (Å²) in [7, 11) is 1.87. The molecule has 3 rings (SSSR count). The van der Waals surface area contributed by atoms with E-state index in [1.54, 1.807) is 4.68 Å². The molecule has 2 aromatic heterocycles. The summed E-state index contributed by atoms with van der Waals surface area (Å²) in [4.78, 5) is 12.9. The number of aromatic nitrogens is 2. The van der Waals surface area contributed by atoms with Gasteiger partial charge in [0.05, 0.1) is 10.6 Å². The van der Waals surface area contributed by atoms with E-state index in [1.807, 2.05) is 44.4 Å². The quantitative estimate of drug-likeness (QED) is 0.730. The van der Waals surface area contributed by atoms with Gasteiger partial charge in [-0.1, -0.05) is 0 Å². The third-order valence-electron chi connectivity index (χ3n) is 3.32. The Morgan fingerprint density at radius 3 is 2.95 bits per heavy atom. The summed E-state index contributed by atoms with van der Waals surface area (Å²) in [5, 5.41) is 8.19. The van der Waals surface area contributed by atoms with Crippen LogP contribution in [-0.4, -0.2) is 15.7 Å². The number of fused-ring (bicyclic) bond motifs is 1. The Morgan fingerprint density at radius 1 is 1.43 bits per heavy atom. The number of carbonyl (C=O) groups is 1. The van der Waals surface area contributed by atoms with Gasteiger partial charge in [-0.05, 0) is 36.6 Å². The molecule has 0 bridgehead atoms. The van der Waals surface area contributed by atoms with E-state index in [-0.39, 0.29) is 5.91 Å².